The first-order valence-electron chi connectivity index (χ1n) is 7.90. The molecular weight excluding hydrogens is 294 g/mol. The zero-order valence-corrected chi connectivity index (χ0v) is 13.2. The third-order valence-corrected chi connectivity index (χ3v) is 4.06. The quantitative estimate of drug-likeness (QED) is 0.833. The van der Waals surface area contributed by atoms with E-state index in [9.17, 15) is 4.79 Å². The van der Waals surface area contributed by atoms with Gasteiger partial charge in [0.15, 0.2) is 0 Å². The van der Waals surface area contributed by atoms with Crippen LogP contribution in [-0.2, 0) is 11.3 Å². The molecule has 1 aliphatic heterocycles. The number of amides is 1. The zero-order chi connectivity index (χ0) is 16.1. The third kappa shape index (κ3) is 4.06. The van der Waals surface area contributed by atoms with Gasteiger partial charge in [-0.25, -0.2) is 4.98 Å². The summed E-state index contributed by atoms with van der Waals surface area (Å²) in [7, 11) is 0. The van der Waals surface area contributed by atoms with Crippen LogP contribution in [0.3, 0.4) is 0 Å². The number of nitrogens with zero attached hydrogens (tertiary/aromatic N) is 5. The van der Waals surface area contributed by atoms with Crippen molar-refractivity contribution in [1.82, 2.24) is 24.6 Å². The lowest BCUT2D eigenvalue weighted by atomic mass is 10.0. The van der Waals surface area contributed by atoms with Crippen molar-refractivity contribution in [2.24, 2.45) is 5.92 Å². The molecule has 7 heteroatoms. The Morgan fingerprint density at radius 1 is 1.30 bits per heavy atom. The fourth-order valence-corrected chi connectivity index (χ4v) is 2.80. The number of ether oxygens (including phenoxy) is 1. The standard InChI is InChI=1S/C16H21N5O2/c1-13(10-21-12-18-11-19-21)16(22)20-8-4-15(5-9-20)23-14-2-6-17-7-3-14/h2-3,6-7,11-13,15H,4-5,8-10H2,1H3/t13-/m1/s1. The van der Waals surface area contributed by atoms with Gasteiger partial charge in [0.1, 0.15) is 24.5 Å². The number of rotatable bonds is 5. The monoisotopic (exact) mass is 315 g/mol. The Hall–Kier alpha value is -2.44. The van der Waals surface area contributed by atoms with Crippen molar-refractivity contribution in [3.63, 3.8) is 0 Å². The average molecular weight is 315 g/mol. The molecule has 2 aromatic rings. The van der Waals surface area contributed by atoms with Gasteiger partial charge in [0.05, 0.1) is 12.5 Å². The molecule has 0 saturated carbocycles. The maximum absolute atomic E-state index is 12.5. The Morgan fingerprint density at radius 2 is 2.04 bits per heavy atom. The molecule has 122 valence electrons. The van der Waals surface area contributed by atoms with Gasteiger partial charge in [-0.05, 0) is 12.1 Å². The maximum Gasteiger partial charge on any atom is 0.227 e. The van der Waals surface area contributed by atoms with Gasteiger partial charge in [-0.2, -0.15) is 5.10 Å². The van der Waals surface area contributed by atoms with Gasteiger partial charge < -0.3 is 9.64 Å². The number of pyridine rings is 1. The van der Waals surface area contributed by atoms with Crippen LogP contribution in [0.1, 0.15) is 19.8 Å². The Bertz CT molecular complexity index is 609. The van der Waals surface area contributed by atoms with E-state index < -0.39 is 0 Å². The SMILES string of the molecule is C[C@H](Cn1cncn1)C(=O)N1CCC(Oc2ccncc2)CC1. The molecule has 0 bridgehead atoms. The Balaban J connectivity index is 1.47. The van der Waals surface area contributed by atoms with Crippen molar-refractivity contribution < 1.29 is 9.53 Å². The molecule has 0 N–H and O–H groups in total. The molecule has 1 atom stereocenters. The maximum atomic E-state index is 12.5. The number of carbonyl (C=O) groups excluding carboxylic acids is 1. The Morgan fingerprint density at radius 3 is 2.70 bits per heavy atom. The minimum atomic E-state index is -0.102. The Kier molecular flexibility index (Phi) is 4.85. The lowest BCUT2D eigenvalue weighted by molar-refractivity contribution is -0.137. The summed E-state index contributed by atoms with van der Waals surface area (Å²) >= 11 is 0. The summed E-state index contributed by atoms with van der Waals surface area (Å²) in [5.41, 5.74) is 0. The highest BCUT2D eigenvalue weighted by Gasteiger charge is 2.27. The van der Waals surface area contributed by atoms with Crippen molar-refractivity contribution >= 4 is 5.91 Å². The van der Waals surface area contributed by atoms with E-state index in [2.05, 4.69) is 15.1 Å². The van der Waals surface area contributed by atoms with Crippen LogP contribution < -0.4 is 4.74 Å². The molecule has 0 unspecified atom stereocenters. The molecule has 0 radical (unpaired) electrons. The lowest BCUT2D eigenvalue weighted by Gasteiger charge is -2.33. The summed E-state index contributed by atoms with van der Waals surface area (Å²) in [4.78, 5) is 22.3. The second kappa shape index (κ2) is 7.21. The molecule has 3 heterocycles. The molecule has 7 nitrogen and oxygen atoms in total. The molecule has 1 fully saturated rings. The number of piperidine rings is 1. The molecule has 0 aromatic carbocycles. The van der Waals surface area contributed by atoms with Crippen LogP contribution in [0.2, 0.25) is 0 Å². The number of aromatic nitrogens is 4. The number of hydrogen-bond donors (Lipinski definition) is 0. The van der Waals surface area contributed by atoms with E-state index in [-0.39, 0.29) is 17.9 Å². The van der Waals surface area contributed by atoms with Crippen molar-refractivity contribution in [2.75, 3.05) is 13.1 Å². The molecular formula is C16H21N5O2. The van der Waals surface area contributed by atoms with Crippen LogP contribution in [0.25, 0.3) is 0 Å². The van der Waals surface area contributed by atoms with E-state index in [0.29, 0.717) is 6.54 Å². The van der Waals surface area contributed by atoms with Gasteiger partial charge in [-0.3, -0.25) is 14.5 Å². The first-order valence-corrected chi connectivity index (χ1v) is 7.90. The van der Waals surface area contributed by atoms with Crippen LogP contribution >= 0.6 is 0 Å². The molecule has 0 aliphatic carbocycles. The zero-order valence-electron chi connectivity index (χ0n) is 13.2. The van der Waals surface area contributed by atoms with E-state index in [1.165, 1.54) is 6.33 Å². The van der Waals surface area contributed by atoms with E-state index in [0.717, 1.165) is 31.7 Å². The smallest absolute Gasteiger partial charge is 0.227 e. The number of likely N-dealkylation sites (tertiary alicyclic amines) is 1. The second-order valence-electron chi connectivity index (χ2n) is 5.84. The Labute approximate surface area is 135 Å². The van der Waals surface area contributed by atoms with E-state index in [4.69, 9.17) is 4.74 Å². The summed E-state index contributed by atoms with van der Waals surface area (Å²) < 4.78 is 7.63. The fourth-order valence-electron chi connectivity index (χ4n) is 2.80. The van der Waals surface area contributed by atoms with Gasteiger partial charge in [-0.1, -0.05) is 6.92 Å². The highest BCUT2D eigenvalue weighted by atomic mass is 16.5. The molecule has 3 rings (SSSR count). The lowest BCUT2D eigenvalue weighted by Crippen LogP contribution is -2.44. The van der Waals surface area contributed by atoms with Crippen molar-refractivity contribution in [1.29, 1.82) is 0 Å². The third-order valence-electron chi connectivity index (χ3n) is 4.06. The minimum Gasteiger partial charge on any atom is -0.490 e. The van der Waals surface area contributed by atoms with E-state index in [1.807, 2.05) is 24.0 Å². The summed E-state index contributed by atoms with van der Waals surface area (Å²) in [6.07, 6.45) is 8.43. The van der Waals surface area contributed by atoms with Gasteiger partial charge in [0.25, 0.3) is 0 Å². The minimum absolute atomic E-state index is 0.102. The van der Waals surface area contributed by atoms with Crippen LogP contribution in [0.5, 0.6) is 5.75 Å². The van der Waals surface area contributed by atoms with Crippen molar-refractivity contribution in [2.45, 2.75) is 32.4 Å². The largest absolute Gasteiger partial charge is 0.490 e. The predicted molar refractivity (Wildman–Crippen MR) is 83.7 cm³/mol. The van der Waals surface area contributed by atoms with Crippen molar-refractivity contribution in [3.8, 4) is 5.75 Å². The molecule has 23 heavy (non-hydrogen) atoms. The molecule has 1 amide bonds. The van der Waals surface area contributed by atoms with Gasteiger partial charge >= 0.3 is 0 Å². The van der Waals surface area contributed by atoms with Gasteiger partial charge in [0.2, 0.25) is 5.91 Å². The summed E-state index contributed by atoms with van der Waals surface area (Å²) in [5, 5.41) is 4.05. The van der Waals surface area contributed by atoms with Gasteiger partial charge in [0, 0.05) is 38.3 Å². The topological polar surface area (TPSA) is 73.1 Å². The van der Waals surface area contributed by atoms with Gasteiger partial charge in [-0.15, -0.1) is 0 Å². The summed E-state index contributed by atoms with van der Waals surface area (Å²) in [5.74, 6) is 0.904. The second-order valence-corrected chi connectivity index (χ2v) is 5.84. The van der Waals surface area contributed by atoms with Crippen LogP contribution in [0.4, 0.5) is 0 Å². The van der Waals surface area contributed by atoms with Crippen LogP contribution in [-0.4, -0.2) is 49.7 Å². The predicted octanol–water partition coefficient (Wildman–Crippen LogP) is 1.38. The average Bonchev–Trinajstić information content (AvgIpc) is 3.09. The number of hydrogen-bond acceptors (Lipinski definition) is 5. The normalized spacial score (nSPS) is 17.0. The first kappa shape index (κ1) is 15.5. The fraction of sp³-hybridized carbons (Fsp3) is 0.500. The van der Waals surface area contributed by atoms with Crippen LogP contribution in [0, 0.1) is 5.92 Å². The highest BCUT2D eigenvalue weighted by molar-refractivity contribution is 5.78. The summed E-state index contributed by atoms with van der Waals surface area (Å²) in [6, 6.07) is 3.72. The highest BCUT2D eigenvalue weighted by Crippen LogP contribution is 2.19. The molecule has 0 spiro atoms. The molecule has 1 aliphatic rings. The first-order chi connectivity index (χ1) is 11.2. The molecule has 1 saturated heterocycles. The molecule has 2 aromatic heterocycles. The van der Waals surface area contributed by atoms with Crippen LogP contribution in [0.15, 0.2) is 37.2 Å². The number of carbonyl (C=O) groups is 1. The van der Waals surface area contributed by atoms with E-state index >= 15 is 0 Å². The summed E-state index contributed by atoms with van der Waals surface area (Å²) in [6.45, 7) is 3.96. The van der Waals surface area contributed by atoms with E-state index in [1.54, 1.807) is 23.4 Å². The van der Waals surface area contributed by atoms with Crippen molar-refractivity contribution in [3.05, 3.63) is 37.2 Å².